The average molecular weight is 454 g/mol. The van der Waals surface area contributed by atoms with Crippen molar-refractivity contribution in [2.75, 3.05) is 15.5 Å². The molecule has 0 saturated heterocycles. The van der Waals surface area contributed by atoms with Gasteiger partial charge in [0.2, 0.25) is 5.91 Å². The second-order valence-corrected chi connectivity index (χ2v) is 8.69. The molecule has 4 rings (SSSR count). The van der Waals surface area contributed by atoms with Crippen LogP contribution in [0.5, 0.6) is 0 Å². The van der Waals surface area contributed by atoms with E-state index in [1.54, 1.807) is 24.3 Å². The molecule has 0 fully saturated rings. The second-order valence-electron chi connectivity index (χ2n) is 8.69. The van der Waals surface area contributed by atoms with Crippen molar-refractivity contribution in [3.8, 4) is 0 Å². The van der Waals surface area contributed by atoms with Crippen LogP contribution < -0.4 is 15.5 Å². The summed E-state index contributed by atoms with van der Waals surface area (Å²) in [6.07, 6.45) is 0. The minimum Gasteiger partial charge on any atom is -0.350 e. The lowest BCUT2D eigenvalue weighted by atomic mass is 9.97. The Labute approximate surface area is 199 Å². The first-order valence-corrected chi connectivity index (χ1v) is 11.1. The third-order valence-electron chi connectivity index (χ3n) is 5.80. The van der Waals surface area contributed by atoms with Gasteiger partial charge in [-0.3, -0.25) is 14.4 Å². The Morgan fingerprint density at radius 3 is 1.91 bits per heavy atom. The molecule has 0 radical (unpaired) electrons. The molecule has 0 atom stereocenters. The van der Waals surface area contributed by atoms with Crippen molar-refractivity contribution >= 4 is 40.4 Å². The number of nitrogens with zero attached hydrogens (tertiary/aromatic N) is 1. The molecule has 0 spiro atoms. The summed E-state index contributed by atoms with van der Waals surface area (Å²) in [5, 5.41) is 5.90. The Hall–Kier alpha value is -4.19. The van der Waals surface area contributed by atoms with E-state index in [2.05, 4.69) is 10.6 Å². The minimum absolute atomic E-state index is 0.166. The summed E-state index contributed by atoms with van der Waals surface area (Å²) in [6.45, 7) is 9.24. The smallest absolute Gasteiger partial charge is 0.282 e. The molecule has 0 unspecified atom stereocenters. The van der Waals surface area contributed by atoms with E-state index in [0.29, 0.717) is 28.2 Å². The maximum Gasteiger partial charge on any atom is 0.282 e. The molecule has 1 aliphatic heterocycles. The number of hydrogen-bond donors (Lipinski definition) is 2. The van der Waals surface area contributed by atoms with Crippen molar-refractivity contribution in [2.24, 2.45) is 0 Å². The van der Waals surface area contributed by atoms with Gasteiger partial charge in [0.05, 0.1) is 11.3 Å². The van der Waals surface area contributed by atoms with Gasteiger partial charge in [0.25, 0.3) is 11.8 Å². The van der Waals surface area contributed by atoms with Crippen molar-refractivity contribution in [2.45, 2.75) is 34.6 Å². The molecule has 2 N–H and O–H groups in total. The van der Waals surface area contributed by atoms with E-state index in [4.69, 9.17) is 0 Å². The molecule has 6 nitrogen and oxygen atoms in total. The zero-order valence-corrected chi connectivity index (χ0v) is 19.9. The highest BCUT2D eigenvalue weighted by Crippen LogP contribution is 2.36. The zero-order valence-electron chi connectivity index (χ0n) is 19.9. The first-order valence-electron chi connectivity index (χ1n) is 11.1. The minimum atomic E-state index is -0.405. The van der Waals surface area contributed by atoms with Gasteiger partial charge in [0.1, 0.15) is 5.70 Å². The van der Waals surface area contributed by atoms with Gasteiger partial charge < -0.3 is 10.6 Å². The van der Waals surface area contributed by atoms with E-state index in [1.165, 1.54) is 11.8 Å². The van der Waals surface area contributed by atoms with Crippen LogP contribution in [0.1, 0.15) is 34.7 Å². The topological polar surface area (TPSA) is 78.5 Å². The van der Waals surface area contributed by atoms with E-state index >= 15 is 0 Å². The van der Waals surface area contributed by atoms with E-state index in [9.17, 15) is 14.4 Å². The predicted molar refractivity (Wildman–Crippen MR) is 136 cm³/mol. The Morgan fingerprint density at radius 2 is 1.32 bits per heavy atom. The third kappa shape index (κ3) is 4.35. The van der Waals surface area contributed by atoms with E-state index in [1.807, 2.05) is 64.1 Å². The van der Waals surface area contributed by atoms with E-state index < -0.39 is 5.91 Å². The lowest BCUT2D eigenvalue weighted by molar-refractivity contribution is -0.120. The number of rotatable bonds is 5. The molecule has 1 heterocycles. The standard InChI is InChI=1S/C28H27N3O3/c1-16-6-12-23(18(3)14-16)25-26(30-22-10-8-21(9-11-22)29-20(5)32)28(34)31(27(25)33)24-13-7-17(2)15-19(24)4/h6-15,30H,1-5H3,(H,29,32). The molecule has 3 aromatic carbocycles. The quantitative estimate of drug-likeness (QED) is 0.516. The summed E-state index contributed by atoms with van der Waals surface area (Å²) in [7, 11) is 0. The Balaban J connectivity index is 1.80. The van der Waals surface area contributed by atoms with Crippen LogP contribution in [0.15, 0.2) is 66.4 Å². The molecule has 6 heteroatoms. The molecule has 172 valence electrons. The van der Waals surface area contributed by atoms with E-state index in [0.717, 1.165) is 22.3 Å². The van der Waals surface area contributed by atoms with Gasteiger partial charge in [-0.1, -0.05) is 41.5 Å². The van der Waals surface area contributed by atoms with Gasteiger partial charge in [-0.15, -0.1) is 0 Å². The summed E-state index contributed by atoms with van der Waals surface area (Å²) < 4.78 is 0. The number of anilines is 3. The summed E-state index contributed by atoms with van der Waals surface area (Å²) in [5.74, 6) is -0.930. The number of carbonyl (C=O) groups excluding carboxylic acids is 3. The van der Waals surface area contributed by atoms with Crippen molar-refractivity contribution in [1.29, 1.82) is 0 Å². The summed E-state index contributed by atoms with van der Waals surface area (Å²) in [4.78, 5) is 39.9. The van der Waals surface area contributed by atoms with Gasteiger partial charge in [-0.05, 0) is 74.7 Å². The van der Waals surface area contributed by atoms with Gasteiger partial charge in [0.15, 0.2) is 0 Å². The van der Waals surface area contributed by atoms with Crippen LogP contribution in [0.25, 0.3) is 5.57 Å². The van der Waals surface area contributed by atoms with Crippen LogP contribution in [0.4, 0.5) is 17.1 Å². The molecule has 3 aromatic rings. The maximum absolute atomic E-state index is 13.7. The number of nitrogens with one attached hydrogen (secondary N) is 2. The number of carbonyl (C=O) groups is 3. The molecule has 34 heavy (non-hydrogen) atoms. The average Bonchev–Trinajstić information content (AvgIpc) is 2.99. The van der Waals surface area contributed by atoms with E-state index in [-0.39, 0.29) is 17.5 Å². The van der Waals surface area contributed by atoms with Gasteiger partial charge in [0, 0.05) is 18.3 Å². The monoisotopic (exact) mass is 453 g/mol. The molecule has 1 aliphatic rings. The molecular formula is C28H27N3O3. The van der Waals surface area contributed by atoms with Crippen LogP contribution in [-0.2, 0) is 14.4 Å². The van der Waals surface area contributed by atoms with Crippen LogP contribution >= 0.6 is 0 Å². The van der Waals surface area contributed by atoms with Gasteiger partial charge in [-0.2, -0.15) is 0 Å². The molecule has 0 bridgehead atoms. The van der Waals surface area contributed by atoms with Crippen molar-refractivity contribution in [3.05, 3.63) is 94.2 Å². The highest BCUT2D eigenvalue weighted by molar-refractivity contribution is 6.46. The highest BCUT2D eigenvalue weighted by atomic mass is 16.2. The van der Waals surface area contributed by atoms with Crippen molar-refractivity contribution in [3.63, 3.8) is 0 Å². The van der Waals surface area contributed by atoms with Crippen molar-refractivity contribution in [1.82, 2.24) is 0 Å². The van der Waals surface area contributed by atoms with Crippen LogP contribution in [-0.4, -0.2) is 17.7 Å². The van der Waals surface area contributed by atoms with Crippen LogP contribution in [0.2, 0.25) is 0 Å². The number of benzene rings is 3. The van der Waals surface area contributed by atoms with Crippen molar-refractivity contribution < 1.29 is 14.4 Å². The summed E-state index contributed by atoms with van der Waals surface area (Å²) in [6, 6.07) is 18.5. The number of hydrogen-bond acceptors (Lipinski definition) is 4. The van der Waals surface area contributed by atoms with Crippen LogP contribution in [0.3, 0.4) is 0 Å². The summed E-state index contributed by atoms with van der Waals surface area (Å²) in [5.41, 5.74) is 7.03. The summed E-state index contributed by atoms with van der Waals surface area (Å²) >= 11 is 0. The number of amides is 3. The molecule has 3 amide bonds. The second kappa shape index (κ2) is 8.98. The number of imide groups is 1. The highest BCUT2D eigenvalue weighted by Gasteiger charge is 2.41. The first kappa shape index (κ1) is 23.0. The molecule has 0 saturated carbocycles. The molecule has 0 aromatic heterocycles. The zero-order chi connectivity index (χ0) is 24.6. The Morgan fingerprint density at radius 1 is 0.735 bits per heavy atom. The fourth-order valence-electron chi connectivity index (χ4n) is 4.25. The third-order valence-corrected chi connectivity index (χ3v) is 5.80. The first-order chi connectivity index (χ1) is 16.2. The number of aryl methyl sites for hydroxylation is 4. The lowest BCUT2D eigenvalue weighted by Crippen LogP contribution is -2.33. The fraction of sp³-hybridized carbons (Fsp3) is 0.179. The lowest BCUT2D eigenvalue weighted by Gasteiger charge is -2.18. The largest absolute Gasteiger partial charge is 0.350 e. The SMILES string of the molecule is CC(=O)Nc1ccc(NC2=C(c3ccc(C)cc3C)C(=O)N(c3ccc(C)cc3C)C2=O)cc1. The molecule has 0 aliphatic carbocycles. The fourth-order valence-corrected chi connectivity index (χ4v) is 4.25. The predicted octanol–water partition coefficient (Wildman–Crippen LogP) is 5.28. The Kier molecular flexibility index (Phi) is 6.07. The van der Waals surface area contributed by atoms with Crippen LogP contribution in [0, 0.1) is 27.7 Å². The van der Waals surface area contributed by atoms with Gasteiger partial charge >= 0.3 is 0 Å². The normalized spacial score (nSPS) is 13.5. The molecular weight excluding hydrogens is 426 g/mol. The maximum atomic E-state index is 13.7. The Bertz CT molecular complexity index is 1350. The van der Waals surface area contributed by atoms with Gasteiger partial charge in [-0.25, -0.2) is 4.90 Å².